The van der Waals surface area contributed by atoms with Gasteiger partial charge in [0.15, 0.2) is 0 Å². The van der Waals surface area contributed by atoms with Gasteiger partial charge in [0.25, 0.3) is 0 Å². The van der Waals surface area contributed by atoms with Crippen molar-refractivity contribution in [2.75, 3.05) is 13.1 Å². The third kappa shape index (κ3) is 5.53. The SMILES string of the molecule is CCCCCCC(=O)N1CCCC(C)(O)CC1. The van der Waals surface area contributed by atoms with Crippen LogP contribution in [0.3, 0.4) is 0 Å². The molecule has 1 rings (SSSR count). The molecule has 1 fully saturated rings. The molecule has 1 atom stereocenters. The van der Waals surface area contributed by atoms with Crippen LogP contribution in [0.5, 0.6) is 0 Å². The zero-order valence-electron chi connectivity index (χ0n) is 11.4. The molecule has 0 saturated carbocycles. The van der Waals surface area contributed by atoms with Crippen molar-refractivity contribution in [3.05, 3.63) is 0 Å². The largest absolute Gasteiger partial charge is 0.390 e. The highest BCUT2D eigenvalue weighted by Gasteiger charge is 2.26. The Kier molecular flexibility index (Phi) is 5.96. The predicted molar refractivity (Wildman–Crippen MR) is 69.8 cm³/mol. The van der Waals surface area contributed by atoms with E-state index in [2.05, 4.69) is 6.92 Å². The molecule has 0 radical (unpaired) electrons. The minimum atomic E-state index is -0.572. The summed E-state index contributed by atoms with van der Waals surface area (Å²) in [5.74, 6) is 0.277. The van der Waals surface area contributed by atoms with Crippen LogP contribution in [0.25, 0.3) is 0 Å². The molecule has 3 nitrogen and oxygen atoms in total. The maximum atomic E-state index is 12.0. The van der Waals surface area contributed by atoms with Crippen molar-refractivity contribution in [1.82, 2.24) is 4.90 Å². The first-order valence-corrected chi connectivity index (χ1v) is 7.05. The first kappa shape index (κ1) is 14.5. The minimum Gasteiger partial charge on any atom is -0.390 e. The molecule has 0 aromatic carbocycles. The number of hydrogen-bond acceptors (Lipinski definition) is 2. The fraction of sp³-hybridized carbons (Fsp3) is 0.929. The van der Waals surface area contributed by atoms with Gasteiger partial charge in [0, 0.05) is 19.5 Å². The lowest BCUT2D eigenvalue weighted by atomic mass is 9.98. The summed E-state index contributed by atoms with van der Waals surface area (Å²) in [7, 11) is 0. The fourth-order valence-electron chi connectivity index (χ4n) is 2.37. The lowest BCUT2D eigenvalue weighted by Crippen LogP contribution is -2.33. The summed E-state index contributed by atoms with van der Waals surface area (Å²) in [5, 5.41) is 9.96. The van der Waals surface area contributed by atoms with E-state index in [0.717, 1.165) is 38.8 Å². The number of aliphatic hydroxyl groups is 1. The fourth-order valence-corrected chi connectivity index (χ4v) is 2.37. The van der Waals surface area contributed by atoms with Crippen LogP contribution in [0.1, 0.15) is 65.2 Å². The maximum absolute atomic E-state index is 12.0. The van der Waals surface area contributed by atoms with Gasteiger partial charge >= 0.3 is 0 Å². The minimum absolute atomic E-state index is 0.277. The van der Waals surface area contributed by atoms with Crippen molar-refractivity contribution in [2.45, 2.75) is 70.8 Å². The van der Waals surface area contributed by atoms with E-state index in [1.807, 2.05) is 11.8 Å². The Morgan fingerprint density at radius 2 is 2.00 bits per heavy atom. The highest BCUT2D eigenvalue weighted by atomic mass is 16.3. The molecule has 0 spiro atoms. The zero-order valence-corrected chi connectivity index (χ0v) is 11.4. The third-order valence-electron chi connectivity index (χ3n) is 3.66. The van der Waals surface area contributed by atoms with Gasteiger partial charge in [-0.15, -0.1) is 0 Å². The van der Waals surface area contributed by atoms with Crippen LogP contribution < -0.4 is 0 Å². The van der Waals surface area contributed by atoms with E-state index in [1.54, 1.807) is 0 Å². The van der Waals surface area contributed by atoms with E-state index in [1.165, 1.54) is 12.8 Å². The van der Waals surface area contributed by atoms with Gasteiger partial charge in [0.2, 0.25) is 5.91 Å². The van der Waals surface area contributed by atoms with E-state index in [4.69, 9.17) is 0 Å². The highest BCUT2D eigenvalue weighted by molar-refractivity contribution is 5.76. The lowest BCUT2D eigenvalue weighted by molar-refractivity contribution is -0.131. The zero-order chi connectivity index (χ0) is 12.7. The number of likely N-dealkylation sites (tertiary alicyclic amines) is 1. The molecule has 1 saturated heterocycles. The molecule has 0 aromatic rings. The summed E-state index contributed by atoms with van der Waals surface area (Å²) in [6.07, 6.45) is 7.74. The van der Waals surface area contributed by atoms with Gasteiger partial charge in [-0.2, -0.15) is 0 Å². The molecule has 1 amide bonds. The summed E-state index contributed by atoms with van der Waals surface area (Å²) >= 11 is 0. The van der Waals surface area contributed by atoms with Crippen LogP contribution in [0.15, 0.2) is 0 Å². The molecule has 0 aliphatic carbocycles. The van der Waals surface area contributed by atoms with Gasteiger partial charge in [-0.3, -0.25) is 4.79 Å². The summed E-state index contributed by atoms with van der Waals surface area (Å²) in [5.41, 5.74) is -0.572. The number of unbranched alkanes of at least 4 members (excludes halogenated alkanes) is 3. The number of carbonyl (C=O) groups excluding carboxylic acids is 1. The molecule has 0 aromatic heterocycles. The molecular weight excluding hydrogens is 214 g/mol. The van der Waals surface area contributed by atoms with Crippen molar-refractivity contribution < 1.29 is 9.90 Å². The van der Waals surface area contributed by atoms with Crippen molar-refractivity contribution in [3.63, 3.8) is 0 Å². The number of carbonyl (C=O) groups is 1. The average Bonchev–Trinajstić information content (AvgIpc) is 2.45. The molecule has 0 bridgehead atoms. The highest BCUT2D eigenvalue weighted by Crippen LogP contribution is 2.22. The van der Waals surface area contributed by atoms with E-state index in [9.17, 15) is 9.90 Å². The topological polar surface area (TPSA) is 40.5 Å². The van der Waals surface area contributed by atoms with E-state index < -0.39 is 5.60 Å². The Bertz CT molecular complexity index is 238. The Morgan fingerprint density at radius 1 is 1.24 bits per heavy atom. The second-order valence-electron chi connectivity index (χ2n) is 5.54. The van der Waals surface area contributed by atoms with Crippen LogP contribution in [-0.2, 0) is 4.79 Å². The molecule has 1 N–H and O–H groups in total. The predicted octanol–water partition coefficient (Wildman–Crippen LogP) is 2.72. The average molecular weight is 241 g/mol. The van der Waals surface area contributed by atoms with Crippen molar-refractivity contribution in [3.8, 4) is 0 Å². The van der Waals surface area contributed by atoms with Crippen molar-refractivity contribution in [1.29, 1.82) is 0 Å². The molecule has 3 heteroatoms. The molecule has 17 heavy (non-hydrogen) atoms. The van der Waals surface area contributed by atoms with Crippen LogP contribution in [-0.4, -0.2) is 34.6 Å². The van der Waals surface area contributed by atoms with E-state index in [0.29, 0.717) is 12.8 Å². The summed E-state index contributed by atoms with van der Waals surface area (Å²) in [6, 6.07) is 0. The van der Waals surface area contributed by atoms with Gasteiger partial charge in [0.05, 0.1) is 5.60 Å². The molecule has 1 aliphatic heterocycles. The van der Waals surface area contributed by atoms with Crippen molar-refractivity contribution >= 4 is 5.91 Å². The van der Waals surface area contributed by atoms with Gasteiger partial charge < -0.3 is 10.0 Å². The van der Waals surface area contributed by atoms with Crippen LogP contribution in [0, 0.1) is 0 Å². The Labute approximate surface area is 105 Å². The molecule has 1 unspecified atom stereocenters. The second-order valence-corrected chi connectivity index (χ2v) is 5.54. The molecule has 1 heterocycles. The monoisotopic (exact) mass is 241 g/mol. The summed E-state index contributed by atoms with van der Waals surface area (Å²) in [6.45, 7) is 5.60. The Hall–Kier alpha value is -0.570. The lowest BCUT2D eigenvalue weighted by Gasteiger charge is -2.22. The van der Waals surface area contributed by atoms with Gasteiger partial charge in [-0.1, -0.05) is 26.2 Å². The van der Waals surface area contributed by atoms with Crippen LogP contribution in [0.4, 0.5) is 0 Å². The summed E-state index contributed by atoms with van der Waals surface area (Å²) < 4.78 is 0. The normalized spacial score (nSPS) is 25.7. The van der Waals surface area contributed by atoms with Crippen molar-refractivity contribution in [2.24, 2.45) is 0 Å². The first-order chi connectivity index (χ1) is 8.05. The number of amides is 1. The standard InChI is InChI=1S/C14H27NO2/c1-3-4-5-6-8-13(16)15-11-7-9-14(2,17)10-12-15/h17H,3-12H2,1-2H3. The summed E-state index contributed by atoms with van der Waals surface area (Å²) in [4.78, 5) is 13.9. The molecule has 100 valence electrons. The smallest absolute Gasteiger partial charge is 0.222 e. The Balaban J connectivity index is 2.27. The van der Waals surface area contributed by atoms with Crippen LogP contribution >= 0.6 is 0 Å². The second kappa shape index (κ2) is 7.00. The number of hydrogen-bond donors (Lipinski definition) is 1. The van der Waals surface area contributed by atoms with E-state index >= 15 is 0 Å². The van der Waals surface area contributed by atoms with E-state index in [-0.39, 0.29) is 5.91 Å². The number of nitrogens with zero attached hydrogens (tertiary/aromatic N) is 1. The quantitative estimate of drug-likeness (QED) is 0.752. The Morgan fingerprint density at radius 3 is 2.71 bits per heavy atom. The van der Waals surface area contributed by atoms with Gasteiger partial charge in [-0.05, 0) is 32.6 Å². The molecule has 1 aliphatic rings. The maximum Gasteiger partial charge on any atom is 0.222 e. The molecular formula is C14H27NO2. The third-order valence-corrected chi connectivity index (χ3v) is 3.66. The first-order valence-electron chi connectivity index (χ1n) is 7.05. The van der Waals surface area contributed by atoms with Gasteiger partial charge in [0.1, 0.15) is 0 Å². The van der Waals surface area contributed by atoms with Crippen LogP contribution in [0.2, 0.25) is 0 Å². The van der Waals surface area contributed by atoms with Gasteiger partial charge in [-0.25, -0.2) is 0 Å². The number of rotatable bonds is 5.